The topological polar surface area (TPSA) is 98.7 Å². The largest absolute Gasteiger partial charge is 0.479 e. The number of hydrogen-bond acceptors (Lipinski definition) is 3. The standard InChI is InChI=1S/C13H18N2O4/c16-11(12(17)18)9-15-13(19)14-8-4-7-10-5-2-1-3-6-10/h1-3,5-6,11,16H,4,7-9H2,(H,17,18)(H2,14,15,19)/t11-/m0/s1. The van der Waals surface area contributed by atoms with E-state index >= 15 is 0 Å². The van der Waals surface area contributed by atoms with Crippen LogP contribution in [0.5, 0.6) is 0 Å². The van der Waals surface area contributed by atoms with Crippen LogP contribution in [0.15, 0.2) is 30.3 Å². The second-order valence-corrected chi connectivity index (χ2v) is 4.08. The van der Waals surface area contributed by atoms with Crippen molar-refractivity contribution >= 4 is 12.0 Å². The first-order valence-corrected chi connectivity index (χ1v) is 6.06. The third-order valence-corrected chi connectivity index (χ3v) is 2.51. The molecule has 0 bridgehead atoms. The van der Waals surface area contributed by atoms with Crippen molar-refractivity contribution in [2.75, 3.05) is 13.1 Å². The summed E-state index contributed by atoms with van der Waals surface area (Å²) in [7, 11) is 0. The number of aliphatic hydroxyl groups excluding tert-OH is 1. The zero-order valence-corrected chi connectivity index (χ0v) is 10.5. The molecule has 19 heavy (non-hydrogen) atoms. The number of aryl methyl sites for hydroxylation is 1. The highest BCUT2D eigenvalue weighted by molar-refractivity contribution is 5.76. The summed E-state index contributed by atoms with van der Waals surface area (Å²) in [5, 5.41) is 22.2. The molecule has 104 valence electrons. The molecule has 0 heterocycles. The van der Waals surface area contributed by atoms with E-state index in [1.165, 1.54) is 5.56 Å². The second kappa shape index (κ2) is 8.10. The van der Waals surface area contributed by atoms with Crippen molar-refractivity contribution in [2.24, 2.45) is 0 Å². The van der Waals surface area contributed by atoms with E-state index in [9.17, 15) is 9.59 Å². The monoisotopic (exact) mass is 266 g/mol. The number of hydrogen-bond donors (Lipinski definition) is 4. The minimum atomic E-state index is -1.57. The Kier molecular flexibility index (Phi) is 6.38. The number of carboxylic acid groups (broad SMARTS) is 1. The van der Waals surface area contributed by atoms with Crippen molar-refractivity contribution in [2.45, 2.75) is 18.9 Å². The first-order valence-electron chi connectivity index (χ1n) is 6.06. The summed E-state index contributed by atoms with van der Waals surface area (Å²) in [6, 6.07) is 9.43. The lowest BCUT2D eigenvalue weighted by Crippen LogP contribution is -2.42. The Hall–Kier alpha value is -2.08. The Labute approximate surface area is 111 Å². The minimum Gasteiger partial charge on any atom is -0.479 e. The Morgan fingerprint density at radius 1 is 1.16 bits per heavy atom. The Morgan fingerprint density at radius 2 is 1.84 bits per heavy atom. The summed E-state index contributed by atoms with van der Waals surface area (Å²) in [6.07, 6.45) is 0.0766. The molecule has 0 unspecified atom stereocenters. The lowest BCUT2D eigenvalue weighted by molar-refractivity contribution is -0.146. The third kappa shape index (κ3) is 6.42. The number of aliphatic carboxylic acids is 1. The Bertz CT molecular complexity index is 408. The molecule has 2 amide bonds. The van der Waals surface area contributed by atoms with Crippen molar-refractivity contribution < 1.29 is 19.8 Å². The van der Waals surface area contributed by atoms with Crippen molar-refractivity contribution in [1.29, 1.82) is 0 Å². The molecule has 0 spiro atoms. The van der Waals surface area contributed by atoms with Gasteiger partial charge in [-0.1, -0.05) is 30.3 Å². The molecule has 1 rings (SSSR count). The number of urea groups is 1. The average Bonchev–Trinajstić information content (AvgIpc) is 2.42. The van der Waals surface area contributed by atoms with Crippen molar-refractivity contribution in [3.8, 4) is 0 Å². The van der Waals surface area contributed by atoms with Crippen molar-refractivity contribution in [3.05, 3.63) is 35.9 Å². The molecular formula is C13H18N2O4. The van der Waals surface area contributed by atoms with Crippen molar-refractivity contribution in [1.82, 2.24) is 10.6 Å². The van der Waals surface area contributed by atoms with Crippen LogP contribution in [0.4, 0.5) is 4.79 Å². The molecule has 0 aliphatic rings. The lowest BCUT2D eigenvalue weighted by atomic mass is 10.1. The molecule has 4 N–H and O–H groups in total. The molecule has 0 saturated carbocycles. The van der Waals surface area contributed by atoms with Crippen molar-refractivity contribution in [3.63, 3.8) is 0 Å². The lowest BCUT2D eigenvalue weighted by Gasteiger charge is -2.09. The molecule has 6 heteroatoms. The van der Waals surface area contributed by atoms with Gasteiger partial charge in [0, 0.05) is 6.54 Å². The molecule has 1 aromatic rings. The van der Waals surface area contributed by atoms with Gasteiger partial charge in [-0.25, -0.2) is 9.59 Å². The molecule has 0 aliphatic carbocycles. The smallest absolute Gasteiger partial charge is 0.334 e. The maximum atomic E-state index is 11.3. The number of amides is 2. The van der Waals surface area contributed by atoms with Crippen LogP contribution in [0.2, 0.25) is 0 Å². The Morgan fingerprint density at radius 3 is 2.47 bits per heavy atom. The number of carbonyl (C=O) groups excluding carboxylic acids is 1. The maximum Gasteiger partial charge on any atom is 0.334 e. The highest BCUT2D eigenvalue weighted by atomic mass is 16.4. The molecule has 0 aliphatic heterocycles. The fourth-order valence-corrected chi connectivity index (χ4v) is 1.48. The van der Waals surface area contributed by atoms with Gasteiger partial charge in [-0.3, -0.25) is 0 Å². The van der Waals surface area contributed by atoms with E-state index in [1.807, 2.05) is 30.3 Å². The normalized spacial score (nSPS) is 11.6. The van der Waals surface area contributed by atoms with E-state index in [0.29, 0.717) is 6.54 Å². The number of benzene rings is 1. The zero-order valence-electron chi connectivity index (χ0n) is 10.5. The van der Waals surface area contributed by atoms with Crippen LogP contribution in [0, 0.1) is 0 Å². The summed E-state index contributed by atoms with van der Waals surface area (Å²) < 4.78 is 0. The fraction of sp³-hybridized carbons (Fsp3) is 0.385. The van der Waals surface area contributed by atoms with E-state index in [2.05, 4.69) is 10.6 Å². The molecule has 0 aromatic heterocycles. The van der Waals surface area contributed by atoms with Crippen LogP contribution in [-0.2, 0) is 11.2 Å². The molecule has 6 nitrogen and oxygen atoms in total. The van der Waals surface area contributed by atoms with Gasteiger partial charge in [-0.2, -0.15) is 0 Å². The van der Waals surface area contributed by atoms with Crippen LogP contribution in [0.25, 0.3) is 0 Å². The summed E-state index contributed by atoms with van der Waals surface area (Å²) in [6.45, 7) is 0.184. The molecule has 1 atom stereocenters. The maximum absolute atomic E-state index is 11.3. The molecule has 0 fully saturated rings. The van der Waals surface area contributed by atoms with Gasteiger partial charge in [-0.05, 0) is 18.4 Å². The van der Waals surface area contributed by atoms with Gasteiger partial charge in [0.05, 0.1) is 6.54 Å². The van der Waals surface area contributed by atoms with Gasteiger partial charge in [0.1, 0.15) is 0 Å². The van der Waals surface area contributed by atoms with E-state index in [0.717, 1.165) is 12.8 Å². The molecule has 1 aromatic carbocycles. The van der Waals surface area contributed by atoms with E-state index in [-0.39, 0.29) is 6.54 Å². The highest BCUT2D eigenvalue weighted by Gasteiger charge is 2.13. The number of aliphatic hydroxyl groups is 1. The molecule has 0 saturated heterocycles. The fourth-order valence-electron chi connectivity index (χ4n) is 1.48. The molecular weight excluding hydrogens is 248 g/mol. The number of rotatable bonds is 7. The van der Waals surface area contributed by atoms with E-state index < -0.39 is 18.1 Å². The molecule has 0 radical (unpaired) electrons. The van der Waals surface area contributed by atoms with Crippen LogP contribution >= 0.6 is 0 Å². The van der Waals surface area contributed by atoms with Gasteiger partial charge < -0.3 is 20.8 Å². The highest BCUT2D eigenvalue weighted by Crippen LogP contribution is 2.01. The summed E-state index contributed by atoms with van der Waals surface area (Å²) >= 11 is 0. The quantitative estimate of drug-likeness (QED) is 0.536. The zero-order chi connectivity index (χ0) is 14.1. The first-order chi connectivity index (χ1) is 9.09. The van der Waals surface area contributed by atoms with Crippen LogP contribution in [0.1, 0.15) is 12.0 Å². The Balaban J connectivity index is 2.09. The summed E-state index contributed by atoms with van der Waals surface area (Å²) in [5.74, 6) is -1.36. The minimum absolute atomic E-state index is 0.306. The van der Waals surface area contributed by atoms with Gasteiger partial charge >= 0.3 is 12.0 Å². The van der Waals surface area contributed by atoms with E-state index in [4.69, 9.17) is 10.2 Å². The average molecular weight is 266 g/mol. The summed E-state index contributed by atoms with van der Waals surface area (Å²) in [4.78, 5) is 21.6. The van der Waals surface area contributed by atoms with Gasteiger partial charge in [0.25, 0.3) is 0 Å². The van der Waals surface area contributed by atoms with Crippen LogP contribution in [-0.4, -0.2) is 41.4 Å². The number of carboxylic acids is 1. The predicted octanol–water partition coefficient (Wildman–Crippen LogP) is 0.364. The van der Waals surface area contributed by atoms with Crippen LogP contribution in [0.3, 0.4) is 0 Å². The predicted molar refractivity (Wildman–Crippen MR) is 69.8 cm³/mol. The van der Waals surface area contributed by atoms with E-state index in [1.54, 1.807) is 0 Å². The third-order valence-electron chi connectivity index (χ3n) is 2.51. The summed E-state index contributed by atoms with van der Waals surface area (Å²) in [5.41, 5.74) is 1.20. The van der Waals surface area contributed by atoms with Gasteiger partial charge in [0.15, 0.2) is 6.10 Å². The van der Waals surface area contributed by atoms with Gasteiger partial charge in [0.2, 0.25) is 0 Å². The van der Waals surface area contributed by atoms with Gasteiger partial charge in [-0.15, -0.1) is 0 Å². The number of carbonyl (C=O) groups is 2. The number of nitrogens with one attached hydrogen (secondary N) is 2. The van der Waals surface area contributed by atoms with Crippen LogP contribution < -0.4 is 10.6 Å². The first kappa shape index (κ1) is 15.0. The SMILES string of the molecule is O=C(NCCCc1ccccc1)NC[C@H](O)C(=O)O. The second-order valence-electron chi connectivity index (χ2n) is 4.08.